The van der Waals surface area contributed by atoms with Crippen molar-refractivity contribution < 1.29 is 32.2 Å². The summed E-state index contributed by atoms with van der Waals surface area (Å²) >= 11 is 5.44. The number of alkyl halides is 3. The monoisotopic (exact) mass is 494 g/mol. The molecule has 1 atom stereocenters. The summed E-state index contributed by atoms with van der Waals surface area (Å²) in [6, 6.07) is 7.92. The van der Waals surface area contributed by atoms with E-state index < -0.39 is 46.4 Å². The van der Waals surface area contributed by atoms with E-state index in [9.17, 15) is 23.1 Å². The Balaban J connectivity index is 1.78. The van der Waals surface area contributed by atoms with Gasteiger partial charge in [-0.05, 0) is 56.4 Å². The maximum Gasteiger partial charge on any atom is 0.420 e. The number of carbonyl (C=O) groups is 1. The van der Waals surface area contributed by atoms with Crippen LogP contribution in [0.1, 0.15) is 25.0 Å². The molecule has 2 aliphatic heterocycles. The summed E-state index contributed by atoms with van der Waals surface area (Å²) in [5, 5.41) is 21.2. The van der Waals surface area contributed by atoms with Crippen molar-refractivity contribution in [3.8, 4) is 11.8 Å². The molecule has 2 N–H and O–H groups in total. The zero-order valence-corrected chi connectivity index (χ0v) is 18.7. The lowest BCUT2D eigenvalue weighted by molar-refractivity contribution is -0.140. The Morgan fingerprint density at radius 3 is 2.65 bits per heavy atom. The zero-order valence-electron chi connectivity index (χ0n) is 17.9. The Bertz CT molecular complexity index is 1240. The predicted molar refractivity (Wildman–Crippen MR) is 119 cm³/mol. The molecule has 2 aromatic carbocycles. The van der Waals surface area contributed by atoms with Crippen molar-refractivity contribution >= 4 is 40.3 Å². The summed E-state index contributed by atoms with van der Waals surface area (Å²) in [6.45, 7) is 3.18. The number of aliphatic hydroxyl groups excluding tert-OH is 1. The maximum absolute atomic E-state index is 15.1. The SMILES string of the molecule is CC1(C)C(=O)N(c2ccc(C#N)c(C(F)(F)F)c2F)C(=S)N1c1ccc2c(c1)NCC(CO)O2. The molecule has 178 valence electrons. The lowest BCUT2D eigenvalue weighted by Gasteiger charge is -2.32. The molecule has 0 spiro atoms. The Labute approximate surface area is 197 Å². The van der Waals surface area contributed by atoms with E-state index in [4.69, 9.17) is 22.2 Å². The number of rotatable bonds is 3. The minimum Gasteiger partial charge on any atom is -0.484 e. The number of benzene rings is 2. The molecule has 7 nitrogen and oxygen atoms in total. The summed E-state index contributed by atoms with van der Waals surface area (Å²) in [5.74, 6) is -2.03. The number of hydrogen-bond donors (Lipinski definition) is 2. The van der Waals surface area contributed by atoms with Gasteiger partial charge < -0.3 is 20.1 Å². The third kappa shape index (κ3) is 3.61. The second kappa shape index (κ2) is 8.11. The van der Waals surface area contributed by atoms with Crippen LogP contribution in [-0.2, 0) is 11.0 Å². The lowest BCUT2D eigenvalue weighted by Crippen LogP contribution is -2.44. The molecule has 0 bridgehead atoms. The fraction of sp³-hybridized carbons (Fsp3) is 0.318. The Morgan fingerprint density at radius 2 is 2.03 bits per heavy atom. The highest BCUT2D eigenvalue weighted by atomic mass is 32.1. The molecule has 2 aromatic rings. The standard InChI is InChI=1S/C22H18F4N4O3S/c1-21(2)19(32)29(15-5-3-11(8-27)17(18(15)23)22(24,25)26)20(34)30(21)12-4-6-16-14(7-12)28-9-13(10-31)33-16/h3-7,13,28,31H,9-10H2,1-2H3. The molecule has 0 aromatic heterocycles. The molecule has 34 heavy (non-hydrogen) atoms. The zero-order chi connectivity index (χ0) is 25.0. The minimum absolute atomic E-state index is 0.184. The van der Waals surface area contributed by atoms with Gasteiger partial charge in [-0.3, -0.25) is 9.69 Å². The van der Waals surface area contributed by atoms with Gasteiger partial charge in [0.2, 0.25) is 0 Å². The number of ether oxygens (including phenoxy) is 1. The van der Waals surface area contributed by atoms with Crippen molar-refractivity contribution in [3.63, 3.8) is 0 Å². The van der Waals surface area contributed by atoms with E-state index in [1.54, 1.807) is 18.2 Å². The van der Waals surface area contributed by atoms with E-state index in [0.717, 1.165) is 12.1 Å². The van der Waals surface area contributed by atoms with Gasteiger partial charge in [0.25, 0.3) is 5.91 Å². The molecule has 1 fully saturated rings. The molecular weight excluding hydrogens is 476 g/mol. The van der Waals surface area contributed by atoms with Gasteiger partial charge in [-0.25, -0.2) is 4.39 Å². The van der Waals surface area contributed by atoms with Crippen LogP contribution in [0.15, 0.2) is 30.3 Å². The molecule has 1 saturated heterocycles. The van der Waals surface area contributed by atoms with E-state index in [1.807, 2.05) is 0 Å². The highest BCUT2D eigenvalue weighted by Crippen LogP contribution is 2.43. The Hall–Kier alpha value is -3.43. The first kappa shape index (κ1) is 23.7. The highest BCUT2D eigenvalue weighted by Gasteiger charge is 2.52. The second-order valence-electron chi connectivity index (χ2n) is 8.23. The highest BCUT2D eigenvalue weighted by molar-refractivity contribution is 7.81. The van der Waals surface area contributed by atoms with E-state index in [0.29, 0.717) is 28.6 Å². The maximum atomic E-state index is 15.1. The van der Waals surface area contributed by atoms with E-state index in [-0.39, 0.29) is 11.7 Å². The van der Waals surface area contributed by atoms with Crippen LogP contribution in [0.5, 0.6) is 5.75 Å². The normalized spacial score (nSPS) is 19.4. The molecule has 0 radical (unpaired) electrons. The van der Waals surface area contributed by atoms with Crippen molar-refractivity contribution in [3.05, 3.63) is 47.3 Å². The molecule has 1 amide bonds. The smallest absolute Gasteiger partial charge is 0.420 e. The molecule has 12 heteroatoms. The van der Waals surface area contributed by atoms with Gasteiger partial charge in [0.15, 0.2) is 10.9 Å². The number of thiocarbonyl (C=S) groups is 1. The fourth-order valence-corrected chi connectivity index (χ4v) is 4.51. The van der Waals surface area contributed by atoms with Crippen LogP contribution in [-0.4, -0.2) is 40.9 Å². The van der Waals surface area contributed by atoms with Crippen LogP contribution in [0.3, 0.4) is 0 Å². The quantitative estimate of drug-likeness (QED) is 0.496. The number of nitriles is 1. The van der Waals surface area contributed by atoms with Crippen molar-refractivity contribution in [2.75, 3.05) is 28.3 Å². The molecule has 0 aliphatic carbocycles. The van der Waals surface area contributed by atoms with Crippen molar-refractivity contribution in [1.29, 1.82) is 5.26 Å². The second-order valence-corrected chi connectivity index (χ2v) is 8.60. The van der Waals surface area contributed by atoms with Gasteiger partial charge in [0.05, 0.1) is 36.2 Å². The number of fused-ring (bicyclic) bond motifs is 1. The summed E-state index contributed by atoms with van der Waals surface area (Å²) < 4.78 is 61.2. The lowest BCUT2D eigenvalue weighted by atomic mass is 10.0. The Kier molecular flexibility index (Phi) is 5.65. The number of carbonyl (C=O) groups excluding carboxylic acids is 1. The van der Waals surface area contributed by atoms with Crippen LogP contribution in [0, 0.1) is 17.1 Å². The average molecular weight is 494 g/mol. The third-order valence-corrected chi connectivity index (χ3v) is 6.04. The van der Waals surface area contributed by atoms with Crippen LogP contribution in [0.4, 0.5) is 34.6 Å². The number of nitrogens with one attached hydrogen (secondary N) is 1. The summed E-state index contributed by atoms with van der Waals surface area (Å²) in [5.41, 5.74) is -3.73. The first-order valence-corrected chi connectivity index (χ1v) is 10.5. The van der Waals surface area contributed by atoms with Gasteiger partial charge in [0.1, 0.15) is 23.0 Å². The van der Waals surface area contributed by atoms with Crippen molar-refractivity contribution in [1.82, 2.24) is 0 Å². The van der Waals surface area contributed by atoms with Crippen LogP contribution in [0.2, 0.25) is 0 Å². The third-order valence-electron chi connectivity index (χ3n) is 5.67. The van der Waals surface area contributed by atoms with E-state index in [1.165, 1.54) is 24.8 Å². The van der Waals surface area contributed by atoms with Crippen LogP contribution >= 0.6 is 12.2 Å². The van der Waals surface area contributed by atoms with Crippen molar-refractivity contribution in [2.24, 2.45) is 0 Å². The molecule has 2 heterocycles. The molecule has 4 rings (SSSR count). The number of aliphatic hydroxyl groups is 1. The topological polar surface area (TPSA) is 88.8 Å². The number of amides is 1. The summed E-state index contributed by atoms with van der Waals surface area (Å²) in [4.78, 5) is 15.4. The van der Waals surface area contributed by atoms with Crippen LogP contribution in [0.25, 0.3) is 0 Å². The van der Waals surface area contributed by atoms with Gasteiger partial charge in [-0.1, -0.05) is 0 Å². The van der Waals surface area contributed by atoms with Gasteiger partial charge in [0, 0.05) is 5.69 Å². The van der Waals surface area contributed by atoms with E-state index >= 15 is 4.39 Å². The van der Waals surface area contributed by atoms with Gasteiger partial charge >= 0.3 is 6.18 Å². The van der Waals surface area contributed by atoms with Gasteiger partial charge in [-0.15, -0.1) is 0 Å². The number of anilines is 3. The molecular formula is C22H18F4N4O3S. The minimum atomic E-state index is -5.15. The summed E-state index contributed by atoms with van der Waals surface area (Å²) in [7, 11) is 0. The largest absolute Gasteiger partial charge is 0.484 e. The average Bonchev–Trinajstić information content (AvgIpc) is 2.95. The molecule has 1 unspecified atom stereocenters. The van der Waals surface area contributed by atoms with Gasteiger partial charge in [-0.2, -0.15) is 18.4 Å². The van der Waals surface area contributed by atoms with Crippen LogP contribution < -0.4 is 19.9 Å². The molecule has 2 aliphatic rings. The Morgan fingerprint density at radius 1 is 1.32 bits per heavy atom. The first-order valence-electron chi connectivity index (χ1n) is 10.1. The predicted octanol–water partition coefficient (Wildman–Crippen LogP) is 3.80. The van der Waals surface area contributed by atoms with Crippen molar-refractivity contribution in [2.45, 2.75) is 31.7 Å². The van der Waals surface area contributed by atoms with E-state index in [2.05, 4.69) is 5.32 Å². The number of nitrogens with zero attached hydrogens (tertiary/aromatic N) is 3. The number of halogens is 4. The fourth-order valence-electron chi connectivity index (χ4n) is 3.99. The molecule has 0 saturated carbocycles. The first-order chi connectivity index (χ1) is 15.9. The summed E-state index contributed by atoms with van der Waals surface area (Å²) in [6.07, 6.45) is -5.58. The number of hydrogen-bond acceptors (Lipinski definition) is 6.